The van der Waals surface area contributed by atoms with Gasteiger partial charge in [-0.3, -0.25) is 0 Å². The van der Waals surface area contributed by atoms with E-state index in [1.807, 2.05) is 0 Å². The highest BCUT2D eigenvalue weighted by Gasteiger charge is 1.94. The maximum Gasteiger partial charge on any atom is 0.0230 e. The van der Waals surface area contributed by atoms with E-state index in [1.165, 1.54) is 109 Å². The van der Waals surface area contributed by atoms with Gasteiger partial charge in [-0.25, -0.2) is 0 Å². The second-order valence-electron chi connectivity index (χ2n) is 6.51. The standard InChI is InChI=1S/C20H42/c1-3-5-7-9-11-13-15-17-19-20-18-16-14-12-10-8-6-4-2/h3-20H2,1-2H3/i1D. The van der Waals surface area contributed by atoms with Gasteiger partial charge in [0.15, 0.2) is 0 Å². The minimum Gasteiger partial charge on any atom is -0.0654 e. The van der Waals surface area contributed by atoms with E-state index in [0.29, 0.717) is 6.90 Å². The Morgan fingerprint density at radius 3 is 0.900 bits per heavy atom. The van der Waals surface area contributed by atoms with Crippen molar-refractivity contribution in [3.63, 3.8) is 0 Å². The van der Waals surface area contributed by atoms with Gasteiger partial charge in [-0.2, -0.15) is 0 Å². The van der Waals surface area contributed by atoms with Crippen molar-refractivity contribution in [3.05, 3.63) is 0 Å². The topological polar surface area (TPSA) is 0 Å². The molecule has 0 saturated heterocycles. The summed E-state index contributed by atoms with van der Waals surface area (Å²) in [7, 11) is 0. The highest BCUT2D eigenvalue weighted by molar-refractivity contribution is 4.49. The molecule has 0 aromatic carbocycles. The first kappa shape index (κ1) is 18.1. The zero-order chi connectivity index (χ0) is 15.4. The summed E-state index contributed by atoms with van der Waals surface area (Å²) < 4.78 is 7.09. The Morgan fingerprint density at radius 1 is 0.400 bits per heavy atom. The van der Waals surface area contributed by atoms with Crippen molar-refractivity contribution in [2.45, 2.75) is 129 Å². The van der Waals surface area contributed by atoms with Crippen LogP contribution in [0.1, 0.15) is 131 Å². The van der Waals surface area contributed by atoms with Gasteiger partial charge in [0, 0.05) is 1.37 Å². The number of hydrogen-bond donors (Lipinski definition) is 0. The summed E-state index contributed by atoms with van der Waals surface area (Å²) >= 11 is 0. The number of rotatable bonds is 17. The van der Waals surface area contributed by atoms with Gasteiger partial charge < -0.3 is 0 Å². The Bertz CT molecular complexity index is 149. The monoisotopic (exact) mass is 283 g/mol. The van der Waals surface area contributed by atoms with Crippen molar-refractivity contribution in [3.8, 4) is 0 Å². The quantitative estimate of drug-likeness (QED) is 0.237. The number of unbranched alkanes of at least 4 members (excludes halogenated alkanes) is 17. The van der Waals surface area contributed by atoms with E-state index >= 15 is 0 Å². The largest absolute Gasteiger partial charge is 0.0654 e. The fourth-order valence-electron chi connectivity index (χ4n) is 2.90. The summed E-state index contributed by atoms with van der Waals surface area (Å²) in [5.41, 5.74) is 0. The van der Waals surface area contributed by atoms with E-state index in [9.17, 15) is 0 Å². The summed E-state index contributed by atoms with van der Waals surface area (Å²) in [4.78, 5) is 0. The lowest BCUT2D eigenvalue weighted by atomic mass is 10.0. The van der Waals surface area contributed by atoms with Crippen LogP contribution in [0.25, 0.3) is 0 Å². The molecule has 0 amide bonds. The lowest BCUT2D eigenvalue weighted by Gasteiger charge is -2.03. The van der Waals surface area contributed by atoms with Crippen LogP contribution in [-0.2, 0) is 0 Å². The zero-order valence-electron chi connectivity index (χ0n) is 15.4. The molecule has 20 heavy (non-hydrogen) atoms. The molecule has 0 aliphatic rings. The Labute approximate surface area is 131 Å². The van der Waals surface area contributed by atoms with Crippen LogP contribution >= 0.6 is 0 Å². The van der Waals surface area contributed by atoms with Crippen LogP contribution in [0.4, 0.5) is 0 Å². The third-order valence-corrected chi connectivity index (χ3v) is 4.35. The summed E-state index contributed by atoms with van der Waals surface area (Å²) in [6.45, 7) is 2.92. The molecule has 0 aromatic heterocycles. The first-order valence-corrected chi connectivity index (χ1v) is 9.71. The second-order valence-corrected chi connectivity index (χ2v) is 6.51. The van der Waals surface area contributed by atoms with Crippen molar-refractivity contribution in [2.24, 2.45) is 0 Å². The molecule has 0 nitrogen and oxygen atoms in total. The third-order valence-electron chi connectivity index (χ3n) is 4.35. The Kier molecular flexibility index (Phi) is 17.1. The van der Waals surface area contributed by atoms with Crippen molar-refractivity contribution in [2.75, 3.05) is 0 Å². The lowest BCUT2D eigenvalue weighted by molar-refractivity contribution is 0.526. The predicted molar refractivity (Wildman–Crippen MR) is 94.5 cm³/mol. The maximum atomic E-state index is 7.09. The van der Waals surface area contributed by atoms with Crippen molar-refractivity contribution < 1.29 is 1.37 Å². The molecule has 0 unspecified atom stereocenters. The Hall–Kier alpha value is 0. The molecule has 0 saturated carbocycles. The van der Waals surface area contributed by atoms with Crippen LogP contribution in [0.2, 0.25) is 0 Å². The molecule has 0 rings (SSSR count). The molecule has 0 heterocycles. The van der Waals surface area contributed by atoms with Gasteiger partial charge in [-0.05, 0) is 0 Å². The Balaban J connectivity index is 2.90. The molecule has 0 fully saturated rings. The molecule has 0 spiro atoms. The maximum absolute atomic E-state index is 7.09. The third kappa shape index (κ3) is 18.0. The van der Waals surface area contributed by atoms with Crippen LogP contribution < -0.4 is 0 Å². The fraction of sp³-hybridized carbons (Fsp3) is 1.00. The zero-order valence-corrected chi connectivity index (χ0v) is 14.4. The van der Waals surface area contributed by atoms with Crippen LogP contribution in [-0.4, -0.2) is 0 Å². The molecular weight excluding hydrogens is 240 g/mol. The van der Waals surface area contributed by atoms with Crippen molar-refractivity contribution >= 4 is 0 Å². The average molecular weight is 284 g/mol. The molecule has 0 atom stereocenters. The SMILES string of the molecule is [2H]CCCCCCCCCCCCCCCCCCCC. The van der Waals surface area contributed by atoms with Crippen LogP contribution in [0.3, 0.4) is 0 Å². The molecule has 0 radical (unpaired) electrons. The average Bonchev–Trinajstić information content (AvgIpc) is 2.50. The molecule has 0 aromatic rings. The van der Waals surface area contributed by atoms with Gasteiger partial charge >= 0.3 is 0 Å². The Morgan fingerprint density at radius 2 is 0.650 bits per heavy atom. The van der Waals surface area contributed by atoms with E-state index in [4.69, 9.17) is 1.37 Å². The molecule has 0 heteroatoms. The van der Waals surface area contributed by atoms with E-state index < -0.39 is 0 Å². The van der Waals surface area contributed by atoms with Gasteiger partial charge in [0.1, 0.15) is 0 Å². The molecule has 0 aliphatic carbocycles. The minimum absolute atomic E-state index is 0.624. The van der Waals surface area contributed by atoms with Crippen molar-refractivity contribution in [1.82, 2.24) is 0 Å². The second kappa shape index (κ2) is 19.0. The van der Waals surface area contributed by atoms with Crippen molar-refractivity contribution in [1.29, 1.82) is 0 Å². The minimum atomic E-state index is 0.624. The van der Waals surface area contributed by atoms with Gasteiger partial charge in [-0.15, -0.1) is 0 Å². The van der Waals surface area contributed by atoms with Gasteiger partial charge in [0.2, 0.25) is 0 Å². The highest BCUT2D eigenvalue weighted by Crippen LogP contribution is 2.14. The van der Waals surface area contributed by atoms with E-state index in [2.05, 4.69) is 6.92 Å². The summed E-state index contributed by atoms with van der Waals surface area (Å²) in [6, 6.07) is 0. The highest BCUT2D eigenvalue weighted by atomic mass is 14.0. The predicted octanol–water partition coefficient (Wildman–Crippen LogP) is 8.05. The fourth-order valence-corrected chi connectivity index (χ4v) is 2.90. The molecular formula is C20H42. The van der Waals surface area contributed by atoms with E-state index in [0.717, 1.165) is 6.42 Å². The van der Waals surface area contributed by atoms with Gasteiger partial charge in [0.25, 0.3) is 0 Å². The van der Waals surface area contributed by atoms with Gasteiger partial charge in [0.05, 0.1) is 0 Å². The summed E-state index contributed by atoms with van der Waals surface area (Å²) in [5, 5.41) is 0. The van der Waals surface area contributed by atoms with Crippen LogP contribution in [0, 0.1) is 0 Å². The number of hydrogen-bond acceptors (Lipinski definition) is 0. The molecule has 0 bridgehead atoms. The van der Waals surface area contributed by atoms with Crippen LogP contribution in [0.5, 0.6) is 0 Å². The lowest BCUT2D eigenvalue weighted by Crippen LogP contribution is -1.83. The van der Waals surface area contributed by atoms with E-state index in [1.54, 1.807) is 0 Å². The molecule has 0 aliphatic heterocycles. The smallest absolute Gasteiger partial charge is 0.0230 e. The first-order chi connectivity index (χ1) is 10.4. The van der Waals surface area contributed by atoms with E-state index in [-0.39, 0.29) is 0 Å². The van der Waals surface area contributed by atoms with Crippen LogP contribution in [0.15, 0.2) is 0 Å². The molecule has 122 valence electrons. The molecule has 0 N–H and O–H groups in total. The summed E-state index contributed by atoms with van der Waals surface area (Å²) in [6.07, 6.45) is 25.5. The normalized spacial score (nSPS) is 11.8. The summed E-state index contributed by atoms with van der Waals surface area (Å²) in [5.74, 6) is 0. The van der Waals surface area contributed by atoms with Gasteiger partial charge in [-0.1, -0.05) is 129 Å². The first-order valence-electron chi connectivity index (χ1n) is 10.4.